The van der Waals surface area contributed by atoms with Gasteiger partial charge in [0.15, 0.2) is 24.2 Å². The molecular weight excluding hydrogens is 1090 g/mol. The molecule has 8 rings (SSSR count). The van der Waals surface area contributed by atoms with E-state index in [9.17, 15) is 101 Å². The van der Waals surface area contributed by atoms with Crippen molar-refractivity contribution in [1.82, 2.24) is 18.3 Å². The Morgan fingerprint density at radius 3 is 0.544 bits per heavy atom. The molecule has 40 heteroatoms. The summed E-state index contributed by atoms with van der Waals surface area (Å²) in [5.41, 5.74) is 0. The van der Waals surface area contributed by atoms with Crippen LogP contribution < -0.4 is 18.3 Å². The molecule has 4 aliphatic heterocycles. The van der Waals surface area contributed by atoms with Gasteiger partial charge in [-0.2, -0.15) is 0 Å². The Balaban J connectivity index is 0.000000237. The van der Waals surface area contributed by atoms with E-state index in [-0.39, 0.29) is 48.6 Å². The Kier molecular flexibility index (Phi) is 14.0. The van der Waals surface area contributed by atoms with E-state index in [2.05, 4.69) is 68.4 Å². The number of hydrogen-bond acceptors (Lipinski definition) is 4. The molecule has 0 saturated carbocycles. The van der Waals surface area contributed by atoms with E-state index in [4.69, 9.17) is 18.9 Å². The van der Waals surface area contributed by atoms with Gasteiger partial charge in [0.05, 0.1) is 54.6 Å². The quantitative estimate of drug-likeness (QED) is 0.116. The molecule has 0 bridgehead atoms. The fraction of sp³-hybridized carbons (Fsp3) is 0.571. The maximum absolute atomic E-state index is 10.7. The normalized spacial score (nSPS) is 28.8. The summed E-state index contributed by atoms with van der Waals surface area (Å²) in [5, 5.41) is 0. The van der Waals surface area contributed by atoms with Crippen molar-refractivity contribution in [3.05, 3.63) is 74.9 Å². The molecular formula is C28H40F24N8O4P4. The van der Waals surface area contributed by atoms with Gasteiger partial charge >= 0.3 is 132 Å². The number of aromatic nitrogens is 8. The van der Waals surface area contributed by atoms with E-state index in [0.717, 1.165) is 0 Å². The van der Waals surface area contributed by atoms with Crippen molar-refractivity contribution in [3.63, 3.8) is 0 Å². The molecule has 4 aliphatic rings. The third-order valence-electron chi connectivity index (χ3n) is 8.69. The third kappa shape index (κ3) is 27.8. The first-order valence-electron chi connectivity index (χ1n) is 18.1. The molecule has 12 nitrogen and oxygen atoms in total. The van der Waals surface area contributed by atoms with Crippen molar-refractivity contribution >= 4 is 31.2 Å². The molecule has 0 N–H and O–H groups in total. The third-order valence-corrected chi connectivity index (χ3v) is 8.69. The van der Waals surface area contributed by atoms with Gasteiger partial charge in [-0.1, -0.05) is 0 Å². The summed E-state index contributed by atoms with van der Waals surface area (Å²) in [7, 11) is -34.5. The molecule has 68 heavy (non-hydrogen) atoms. The number of hydrogen-bond donors (Lipinski definition) is 0. The summed E-state index contributed by atoms with van der Waals surface area (Å²) >= 11 is 0. The van der Waals surface area contributed by atoms with Gasteiger partial charge in [0, 0.05) is 0 Å². The van der Waals surface area contributed by atoms with E-state index >= 15 is 0 Å². The first-order chi connectivity index (χ1) is 29.2. The minimum absolute atomic E-state index is 0.139. The van der Waals surface area contributed by atoms with E-state index in [1.165, 1.54) is 0 Å². The molecule has 0 radical (unpaired) electrons. The van der Waals surface area contributed by atoms with Crippen molar-refractivity contribution in [2.75, 3.05) is 26.4 Å². The van der Waals surface area contributed by atoms with Gasteiger partial charge in [-0.25, -0.2) is 36.5 Å². The number of nitrogens with zero attached hydrogens (tertiary/aromatic N) is 8. The van der Waals surface area contributed by atoms with Crippen LogP contribution in [0, 0.1) is 0 Å². The van der Waals surface area contributed by atoms with Crippen LogP contribution in [0.5, 0.6) is 0 Å². The molecule has 0 amide bonds. The van der Waals surface area contributed by atoms with Crippen LogP contribution in [-0.2, 0) is 47.1 Å². The second-order valence-electron chi connectivity index (χ2n) is 15.4. The first-order valence-corrected chi connectivity index (χ1v) is 26.2. The zero-order valence-corrected chi connectivity index (χ0v) is 38.0. The molecule has 8 heterocycles. The number of halogens is 24. The van der Waals surface area contributed by atoms with Crippen LogP contribution in [0.2, 0.25) is 0 Å². The summed E-state index contributed by atoms with van der Waals surface area (Å²) in [6.45, 7) is 2.86. The van der Waals surface area contributed by atoms with Crippen molar-refractivity contribution in [1.29, 1.82) is 0 Å². The summed E-state index contributed by atoms with van der Waals surface area (Å²) in [6.07, 6.45) is 25.4. The van der Waals surface area contributed by atoms with Crippen LogP contribution >= 0.6 is 31.2 Å². The van der Waals surface area contributed by atoms with Crippen LogP contribution in [0.1, 0.15) is 24.2 Å². The van der Waals surface area contributed by atoms with Gasteiger partial charge in [-0.15, -0.1) is 0 Å². The Labute approximate surface area is 365 Å². The van der Waals surface area contributed by atoms with Crippen molar-refractivity contribution in [2.45, 2.75) is 48.6 Å². The second-order valence-corrected chi connectivity index (χ2v) is 23.1. The molecule has 4 saturated heterocycles. The van der Waals surface area contributed by atoms with E-state index < -0.39 is 31.2 Å². The molecule has 0 aliphatic carbocycles. The van der Waals surface area contributed by atoms with Crippen molar-refractivity contribution in [2.24, 2.45) is 28.2 Å². The van der Waals surface area contributed by atoms with Crippen LogP contribution in [0.25, 0.3) is 0 Å². The van der Waals surface area contributed by atoms with Crippen molar-refractivity contribution in [3.8, 4) is 0 Å². The van der Waals surface area contributed by atoms with Crippen LogP contribution in [0.4, 0.5) is 101 Å². The Morgan fingerprint density at radius 1 is 0.309 bits per heavy atom. The second kappa shape index (κ2) is 16.1. The molecule has 0 unspecified atom stereocenters. The summed E-state index contributed by atoms with van der Waals surface area (Å²) in [5.74, 6) is 0. The van der Waals surface area contributed by atoms with E-state index in [1.807, 2.05) is 71.2 Å². The fourth-order valence-electron chi connectivity index (χ4n) is 6.60. The molecule has 0 spiro atoms. The van der Waals surface area contributed by atoms with E-state index in [1.54, 1.807) is 0 Å². The number of ether oxygens (including phenoxy) is 4. The summed E-state index contributed by atoms with van der Waals surface area (Å²) in [6, 6.07) is 1.09. The summed E-state index contributed by atoms with van der Waals surface area (Å²) in [4.78, 5) is 0. The Bertz CT molecular complexity index is 1990. The number of fused-ring (bicyclic) bond motifs is 2. The fourth-order valence-corrected chi connectivity index (χ4v) is 6.60. The number of imidazole rings is 4. The molecule has 8 atom stereocenters. The predicted molar refractivity (Wildman–Crippen MR) is 192 cm³/mol. The molecule has 404 valence electrons. The van der Waals surface area contributed by atoms with Gasteiger partial charge in [0.2, 0.25) is 25.3 Å². The average molecular weight is 1130 g/mol. The van der Waals surface area contributed by atoms with E-state index in [0.29, 0.717) is 26.4 Å². The van der Waals surface area contributed by atoms with Gasteiger partial charge in [-0.3, -0.25) is 0 Å². The summed E-state index contributed by atoms with van der Waals surface area (Å²) < 4.78 is 278. The monoisotopic (exact) mass is 1130 g/mol. The minimum atomic E-state index is -10.7. The molecule has 4 fully saturated rings. The standard InChI is InChI=1S/2C14H20N4O2.4F6P/c2*1-15-3-5-17(9-15)11-7-19-14-12(8-20-13(11)14)18-6-4-16(2)10-18;4*1-7(2,3,4,5)6/h2*3-6,9-14H,7-8H2,1-2H3;;;;/q2*+2;4*-1/t2*11-,12-,13+,14+;;;;/m00..../s1. The first kappa shape index (κ1) is 59.0. The molecule has 0 aromatic carbocycles. The SMILES string of the molecule is C[n+]1ccn([C@H]2CO[C@H]3[C@@H]2OC[C@@H]3n2cc[n+](C)c2)c1.C[n+]1ccn([C@H]2CO[C@H]3[C@@H]2OC[C@@H]3n2cc[n+](C)c2)c1.F[P-](F)(F)(F)(F)F.F[P-](F)(F)(F)(F)F.F[P-](F)(F)(F)(F)F.F[P-](F)(F)(F)(F)F. The topological polar surface area (TPSA) is 72.2 Å². The van der Waals surface area contributed by atoms with Gasteiger partial charge in [-0.05, 0) is 0 Å². The van der Waals surface area contributed by atoms with Crippen molar-refractivity contribution < 1.29 is 138 Å². The number of aryl methyl sites for hydroxylation is 4. The van der Waals surface area contributed by atoms with Gasteiger partial charge in [0.25, 0.3) is 0 Å². The molecule has 4 aromatic heterocycles. The van der Waals surface area contributed by atoms with Crippen LogP contribution in [0.3, 0.4) is 0 Å². The van der Waals surface area contributed by atoms with Gasteiger partial charge in [0.1, 0.15) is 74.0 Å². The van der Waals surface area contributed by atoms with Crippen LogP contribution in [0.15, 0.2) is 74.9 Å². The van der Waals surface area contributed by atoms with Crippen LogP contribution in [-0.4, -0.2) is 69.1 Å². The Morgan fingerprint density at radius 2 is 0.441 bits per heavy atom. The zero-order valence-electron chi connectivity index (χ0n) is 34.4. The number of rotatable bonds is 4. The molecule has 4 aromatic rings. The Hall–Kier alpha value is -3.28. The predicted octanol–water partition coefficient (Wildman–Crippen LogP) is 12.6. The zero-order chi connectivity index (χ0) is 53.0. The maximum atomic E-state index is 9.87. The van der Waals surface area contributed by atoms with Gasteiger partial charge < -0.3 is 18.9 Å². The average Bonchev–Trinajstić information content (AvgIpc) is 3.86.